The summed E-state index contributed by atoms with van der Waals surface area (Å²) in [4.78, 5) is 21.9. The van der Waals surface area contributed by atoms with Crippen LogP contribution in [0.3, 0.4) is 0 Å². The van der Waals surface area contributed by atoms with Crippen molar-refractivity contribution in [3.05, 3.63) is 0 Å². The fourth-order valence-electron chi connectivity index (χ4n) is 1.48. The Morgan fingerprint density at radius 3 is 2.53 bits per heavy atom. The second kappa shape index (κ2) is 4.64. The van der Waals surface area contributed by atoms with Gasteiger partial charge in [-0.1, -0.05) is 0 Å². The van der Waals surface area contributed by atoms with E-state index in [4.69, 9.17) is 4.74 Å². The third-order valence-electron chi connectivity index (χ3n) is 2.25. The highest BCUT2D eigenvalue weighted by atomic mass is 16.6. The number of amides is 1. The summed E-state index contributed by atoms with van der Waals surface area (Å²) >= 11 is 0. The molecule has 4 heteroatoms. The first-order valence-corrected chi connectivity index (χ1v) is 5.35. The van der Waals surface area contributed by atoms with Crippen molar-refractivity contribution in [3.63, 3.8) is 0 Å². The first-order chi connectivity index (χ1) is 6.87. The Labute approximate surface area is 90.4 Å². The van der Waals surface area contributed by atoms with Crippen molar-refractivity contribution in [2.45, 2.75) is 45.6 Å². The van der Waals surface area contributed by atoms with E-state index in [2.05, 4.69) is 5.32 Å². The number of hydrogen-bond acceptors (Lipinski definition) is 3. The van der Waals surface area contributed by atoms with Crippen LogP contribution in [0, 0.1) is 5.92 Å². The zero-order chi connectivity index (χ0) is 11.5. The second-order valence-electron chi connectivity index (χ2n) is 5.03. The molecule has 0 unspecified atom stereocenters. The Morgan fingerprint density at radius 1 is 1.47 bits per heavy atom. The number of hydrogen-bond donors (Lipinski definition) is 1. The summed E-state index contributed by atoms with van der Waals surface area (Å²) in [5.74, 6) is 0.796. The van der Waals surface area contributed by atoms with Crippen LogP contribution < -0.4 is 5.32 Å². The van der Waals surface area contributed by atoms with E-state index < -0.39 is 5.60 Å². The maximum Gasteiger partial charge on any atom is 0.407 e. The molecule has 0 atom stereocenters. The van der Waals surface area contributed by atoms with E-state index in [1.807, 2.05) is 20.8 Å². The number of nitrogens with one attached hydrogen (secondary N) is 1. The van der Waals surface area contributed by atoms with Crippen LogP contribution in [-0.4, -0.2) is 24.0 Å². The lowest BCUT2D eigenvalue weighted by Gasteiger charge is -2.24. The lowest BCUT2D eigenvalue weighted by molar-refractivity contribution is -0.126. The van der Waals surface area contributed by atoms with E-state index in [0.717, 1.165) is 6.42 Å². The van der Waals surface area contributed by atoms with Gasteiger partial charge >= 0.3 is 6.09 Å². The molecular weight excluding hydrogens is 194 g/mol. The third kappa shape index (κ3) is 4.81. The zero-order valence-electron chi connectivity index (χ0n) is 9.63. The van der Waals surface area contributed by atoms with Crippen LogP contribution in [0.15, 0.2) is 0 Å². The van der Waals surface area contributed by atoms with Gasteiger partial charge in [0, 0.05) is 19.4 Å². The summed E-state index contributed by atoms with van der Waals surface area (Å²) in [6, 6.07) is 0. The summed E-state index contributed by atoms with van der Waals surface area (Å²) in [5, 5.41) is 2.68. The van der Waals surface area contributed by atoms with Gasteiger partial charge in [0.2, 0.25) is 0 Å². The predicted molar refractivity (Wildman–Crippen MR) is 56.6 cm³/mol. The fourth-order valence-corrected chi connectivity index (χ4v) is 1.48. The summed E-state index contributed by atoms with van der Waals surface area (Å²) in [5.41, 5.74) is -0.448. The molecule has 15 heavy (non-hydrogen) atoms. The maximum absolute atomic E-state index is 11.2. The van der Waals surface area contributed by atoms with Gasteiger partial charge < -0.3 is 10.1 Å². The van der Waals surface area contributed by atoms with Gasteiger partial charge in [-0.05, 0) is 33.1 Å². The molecule has 1 aliphatic rings. The van der Waals surface area contributed by atoms with E-state index in [9.17, 15) is 9.59 Å². The van der Waals surface area contributed by atoms with Crippen LogP contribution in [0.4, 0.5) is 4.79 Å². The Balaban J connectivity index is 2.05. The molecule has 0 heterocycles. The fraction of sp³-hybridized carbons (Fsp3) is 0.818. The van der Waals surface area contributed by atoms with E-state index >= 15 is 0 Å². The Hall–Kier alpha value is -1.06. The third-order valence-corrected chi connectivity index (χ3v) is 2.25. The van der Waals surface area contributed by atoms with Crippen LogP contribution in [0.2, 0.25) is 0 Å². The van der Waals surface area contributed by atoms with E-state index in [1.165, 1.54) is 0 Å². The molecule has 0 aromatic carbocycles. The molecule has 0 aliphatic heterocycles. The normalized spacial score (nSPS) is 17.1. The molecule has 0 saturated heterocycles. The topological polar surface area (TPSA) is 55.4 Å². The molecule has 1 fully saturated rings. The Morgan fingerprint density at radius 2 is 2.07 bits per heavy atom. The molecule has 0 bridgehead atoms. The van der Waals surface area contributed by atoms with Crippen molar-refractivity contribution in [1.29, 1.82) is 0 Å². The van der Waals surface area contributed by atoms with E-state index in [0.29, 0.717) is 31.1 Å². The quantitative estimate of drug-likeness (QED) is 0.778. The first kappa shape index (κ1) is 12.0. The number of carbonyl (C=O) groups excluding carboxylic acids is 2. The number of Topliss-reactive ketones (excluding diaryl/α,β-unsaturated/α-hetero) is 1. The van der Waals surface area contributed by atoms with Crippen molar-refractivity contribution in [2.75, 3.05) is 6.54 Å². The largest absolute Gasteiger partial charge is 0.444 e. The van der Waals surface area contributed by atoms with Crippen molar-refractivity contribution < 1.29 is 14.3 Å². The molecule has 1 saturated carbocycles. The molecule has 0 radical (unpaired) electrons. The highest BCUT2D eigenvalue weighted by Gasteiger charge is 2.26. The summed E-state index contributed by atoms with van der Waals surface area (Å²) < 4.78 is 5.08. The zero-order valence-corrected chi connectivity index (χ0v) is 9.63. The minimum Gasteiger partial charge on any atom is -0.444 e. The summed E-state index contributed by atoms with van der Waals surface area (Å²) in [6.45, 7) is 6.08. The van der Waals surface area contributed by atoms with Crippen LogP contribution in [0.5, 0.6) is 0 Å². The molecule has 0 aromatic heterocycles. The van der Waals surface area contributed by atoms with Crippen LogP contribution in [-0.2, 0) is 9.53 Å². The summed E-state index contributed by atoms with van der Waals surface area (Å²) in [7, 11) is 0. The molecular formula is C11H19NO3. The lowest BCUT2D eigenvalue weighted by atomic mass is 9.82. The minimum atomic E-state index is -0.448. The smallest absolute Gasteiger partial charge is 0.407 e. The Kier molecular flexibility index (Phi) is 3.72. The van der Waals surface area contributed by atoms with Crippen LogP contribution in [0.25, 0.3) is 0 Å². The molecule has 1 amide bonds. The van der Waals surface area contributed by atoms with E-state index in [-0.39, 0.29) is 6.09 Å². The predicted octanol–water partition coefficient (Wildman–Crippen LogP) is 1.88. The van der Waals surface area contributed by atoms with Crippen molar-refractivity contribution in [1.82, 2.24) is 5.32 Å². The highest BCUT2D eigenvalue weighted by Crippen LogP contribution is 2.25. The van der Waals surface area contributed by atoms with Crippen LogP contribution >= 0.6 is 0 Å². The van der Waals surface area contributed by atoms with Gasteiger partial charge in [-0.15, -0.1) is 0 Å². The summed E-state index contributed by atoms with van der Waals surface area (Å²) in [6.07, 6.45) is 1.84. The Bertz CT molecular complexity index is 247. The number of carbonyl (C=O) groups is 2. The van der Waals surface area contributed by atoms with Gasteiger partial charge in [-0.2, -0.15) is 0 Å². The van der Waals surface area contributed by atoms with Gasteiger partial charge in [0.15, 0.2) is 0 Å². The van der Waals surface area contributed by atoms with Crippen LogP contribution in [0.1, 0.15) is 40.0 Å². The first-order valence-electron chi connectivity index (χ1n) is 5.35. The maximum atomic E-state index is 11.2. The highest BCUT2D eigenvalue weighted by molar-refractivity contribution is 5.84. The standard InChI is InChI=1S/C11H19NO3/c1-11(2,3)15-10(14)12-5-4-8-6-9(13)7-8/h8H,4-7H2,1-3H3,(H,12,14). The number of rotatable bonds is 3. The molecule has 4 nitrogen and oxygen atoms in total. The van der Waals surface area contributed by atoms with Gasteiger partial charge in [0.25, 0.3) is 0 Å². The number of alkyl carbamates (subject to hydrolysis) is 1. The van der Waals surface area contributed by atoms with Gasteiger partial charge in [-0.3, -0.25) is 4.79 Å². The molecule has 86 valence electrons. The average Bonchev–Trinajstić information content (AvgIpc) is 1.97. The minimum absolute atomic E-state index is 0.331. The average molecular weight is 213 g/mol. The molecule has 0 spiro atoms. The number of ketones is 1. The monoisotopic (exact) mass is 213 g/mol. The second-order valence-corrected chi connectivity index (χ2v) is 5.03. The van der Waals surface area contributed by atoms with Crippen molar-refractivity contribution in [2.24, 2.45) is 5.92 Å². The molecule has 1 rings (SSSR count). The van der Waals surface area contributed by atoms with Crippen molar-refractivity contribution >= 4 is 11.9 Å². The van der Waals surface area contributed by atoms with Crippen molar-refractivity contribution in [3.8, 4) is 0 Å². The molecule has 1 N–H and O–H groups in total. The number of ether oxygens (including phenoxy) is 1. The van der Waals surface area contributed by atoms with Gasteiger partial charge in [0.1, 0.15) is 11.4 Å². The SMILES string of the molecule is CC(C)(C)OC(=O)NCCC1CC(=O)C1. The van der Waals surface area contributed by atoms with Gasteiger partial charge in [0.05, 0.1) is 0 Å². The molecule has 1 aliphatic carbocycles. The lowest BCUT2D eigenvalue weighted by Crippen LogP contribution is -2.35. The van der Waals surface area contributed by atoms with E-state index in [1.54, 1.807) is 0 Å². The molecule has 0 aromatic rings. The van der Waals surface area contributed by atoms with Gasteiger partial charge in [-0.25, -0.2) is 4.79 Å².